The molecule has 6 nitrogen and oxygen atoms in total. The first-order chi connectivity index (χ1) is 11.6. The minimum Gasteiger partial charge on any atom is -0.364 e. The van der Waals surface area contributed by atoms with Gasteiger partial charge in [-0.15, -0.1) is 11.3 Å². The standard InChI is InChI=1S/C17H20N4O2S/c18-16(22)14-10-24-15(21-14)9-19-17(23)20-13-7-3-6-11-4-1-2-5-12(11)8-13/h1-2,4-5,10,13H,3,6-9H2,(H2,18,22)(H2,19,20,23). The van der Waals surface area contributed by atoms with Crippen LogP contribution in [0.4, 0.5) is 4.79 Å². The van der Waals surface area contributed by atoms with Crippen molar-refractivity contribution in [3.8, 4) is 0 Å². The molecule has 7 heteroatoms. The molecule has 126 valence electrons. The van der Waals surface area contributed by atoms with E-state index in [9.17, 15) is 9.59 Å². The van der Waals surface area contributed by atoms with Crippen LogP contribution in [-0.2, 0) is 19.4 Å². The number of carbonyl (C=O) groups is 2. The quantitative estimate of drug-likeness (QED) is 0.740. The molecule has 24 heavy (non-hydrogen) atoms. The fourth-order valence-corrected chi connectivity index (χ4v) is 3.65. The van der Waals surface area contributed by atoms with Gasteiger partial charge in [-0.25, -0.2) is 9.78 Å². The third kappa shape index (κ3) is 4.11. The SMILES string of the molecule is NC(=O)c1csc(CNC(=O)NC2CCCc3ccccc3C2)n1. The summed E-state index contributed by atoms with van der Waals surface area (Å²) in [5.41, 5.74) is 8.09. The van der Waals surface area contributed by atoms with Crippen molar-refractivity contribution in [3.05, 3.63) is 51.5 Å². The maximum absolute atomic E-state index is 12.1. The molecule has 3 rings (SSSR count). The Hall–Kier alpha value is -2.41. The number of aromatic nitrogens is 1. The largest absolute Gasteiger partial charge is 0.364 e. The van der Waals surface area contributed by atoms with Crippen LogP contribution in [0.15, 0.2) is 29.6 Å². The minimum atomic E-state index is -0.556. The van der Waals surface area contributed by atoms with E-state index in [1.165, 1.54) is 22.5 Å². The Morgan fingerprint density at radius 1 is 1.29 bits per heavy atom. The number of nitrogens with two attached hydrogens (primary N) is 1. The summed E-state index contributed by atoms with van der Waals surface area (Å²) >= 11 is 1.31. The number of rotatable bonds is 4. The number of hydrogen-bond donors (Lipinski definition) is 3. The monoisotopic (exact) mass is 344 g/mol. The molecule has 3 amide bonds. The molecule has 0 saturated heterocycles. The van der Waals surface area contributed by atoms with Crippen LogP contribution < -0.4 is 16.4 Å². The van der Waals surface area contributed by atoms with Crippen LogP contribution in [0, 0.1) is 0 Å². The van der Waals surface area contributed by atoms with Crippen LogP contribution in [-0.4, -0.2) is 23.0 Å². The number of amides is 3. The third-order valence-electron chi connectivity index (χ3n) is 4.12. The number of primary amides is 1. The molecule has 1 aliphatic carbocycles. The fourth-order valence-electron chi connectivity index (χ4n) is 2.93. The summed E-state index contributed by atoms with van der Waals surface area (Å²) in [6.07, 6.45) is 3.94. The summed E-state index contributed by atoms with van der Waals surface area (Å²) in [7, 11) is 0. The van der Waals surface area contributed by atoms with E-state index < -0.39 is 5.91 Å². The molecular weight excluding hydrogens is 324 g/mol. The molecule has 1 atom stereocenters. The second-order valence-electron chi connectivity index (χ2n) is 5.88. The van der Waals surface area contributed by atoms with Gasteiger partial charge in [0.1, 0.15) is 10.7 Å². The molecule has 0 fully saturated rings. The lowest BCUT2D eigenvalue weighted by atomic mass is 10.0. The van der Waals surface area contributed by atoms with E-state index in [4.69, 9.17) is 5.73 Å². The van der Waals surface area contributed by atoms with Crippen molar-refractivity contribution in [2.24, 2.45) is 5.73 Å². The molecule has 2 aromatic rings. The normalized spacial score (nSPS) is 16.8. The second kappa shape index (κ2) is 7.44. The van der Waals surface area contributed by atoms with E-state index in [0.717, 1.165) is 25.7 Å². The van der Waals surface area contributed by atoms with Gasteiger partial charge in [-0.05, 0) is 36.8 Å². The Bertz CT molecular complexity index is 744. The number of fused-ring (bicyclic) bond motifs is 1. The number of hydrogen-bond acceptors (Lipinski definition) is 4. The zero-order valence-corrected chi connectivity index (χ0v) is 14.1. The van der Waals surface area contributed by atoms with E-state index >= 15 is 0 Å². The lowest BCUT2D eigenvalue weighted by Gasteiger charge is -2.17. The van der Waals surface area contributed by atoms with Crippen LogP contribution in [0.1, 0.15) is 39.5 Å². The number of benzene rings is 1. The number of aryl methyl sites for hydroxylation is 1. The molecule has 1 aliphatic rings. The van der Waals surface area contributed by atoms with Gasteiger partial charge in [-0.3, -0.25) is 4.79 Å². The molecular formula is C17H20N4O2S. The van der Waals surface area contributed by atoms with Crippen molar-refractivity contribution in [1.82, 2.24) is 15.6 Å². The first-order valence-electron chi connectivity index (χ1n) is 7.97. The van der Waals surface area contributed by atoms with Crippen LogP contribution in [0.2, 0.25) is 0 Å². The Morgan fingerprint density at radius 3 is 2.83 bits per heavy atom. The van der Waals surface area contributed by atoms with E-state index in [1.807, 2.05) is 6.07 Å². The predicted molar refractivity (Wildman–Crippen MR) is 92.9 cm³/mol. The van der Waals surface area contributed by atoms with Crippen molar-refractivity contribution in [2.75, 3.05) is 0 Å². The lowest BCUT2D eigenvalue weighted by Crippen LogP contribution is -2.42. The van der Waals surface area contributed by atoms with Gasteiger partial charge in [-0.1, -0.05) is 24.3 Å². The summed E-state index contributed by atoms with van der Waals surface area (Å²) in [4.78, 5) is 27.2. The van der Waals surface area contributed by atoms with Gasteiger partial charge >= 0.3 is 6.03 Å². The smallest absolute Gasteiger partial charge is 0.315 e. The first kappa shape index (κ1) is 16.4. The van der Waals surface area contributed by atoms with Crippen LogP contribution >= 0.6 is 11.3 Å². The van der Waals surface area contributed by atoms with Crippen molar-refractivity contribution in [2.45, 2.75) is 38.3 Å². The highest BCUT2D eigenvalue weighted by molar-refractivity contribution is 7.09. The molecule has 4 N–H and O–H groups in total. The number of urea groups is 1. The van der Waals surface area contributed by atoms with Gasteiger partial charge in [0.15, 0.2) is 0 Å². The van der Waals surface area contributed by atoms with Crippen molar-refractivity contribution in [1.29, 1.82) is 0 Å². The Morgan fingerprint density at radius 2 is 2.08 bits per heavy atom. The summed E-state index contributed by atoms with van der Waals surface area (Å²) in [6.45, 7) is 0.285. The molecule has 0 spiro atoms. The molecule has 1 aromatic carbocycles. The van der Waals surface area contributed by atoms with Gasteiger partial charge in [0, 0.05) is 11.4 Å². The number of carbonyl (C=O) groups excluding carboxylic acids is 2. The molecule has 1 heterocycles. The zero-order valence-electron chi connectivity index (χ0n) is 13.2. The maximum Gasteiger partial charge on any atom is 0.315 e. The fraction of sp³-hybridized carbons (Fsp3) is 0.353. The summed E-state index contributed by atoms with van der Waals surface area (Å²) in [5.74, 6) is -0.556. The summed E-state index contributed by atoms with van der Waals surface area (Å²) in [6, 6.07) is 8.32. The molecule has 1 unspecified atom stereocenters. The van der Waals surface area contributed by atoms with E-state index in [0.29, 0.717) is 5.01 Å². The lowest BCUT2D eigenvalue weighted by molar-refractivity contribution is 0.0996. The Kier molecular flexibility index (Phi) is 5.10. The highest BCUT2D eigenvalue weighted by Crippen LogP contribution is 2.20. The average molecular weight is 344 g/mol. The molecule has 1 aromatic heterocycles. The van der Waals surface area contributed by atoms with Crippen molar-refractivity contribution < 1.29 is 9.59 Å². The van der Waals surface area contributed by atoms with E-state index in [2.05, 4.69) is 33.8 Å². The molecule has 0 bridgehead atoms. The minimum absolute atomic E-state index is 0.131. The maximum atomic E-state index is 12.1. The second-order valence-corrected chi connectivity index (χ2v) is 6.82. The third-order valence-corrected chi connectivity index (χ3v) is 4.97. The Balaban J connectivity index is 1.52. The number of thiazole rings is 1. The number of nitrogens with one attached hydrogen (secondary N) is 2. The molecule has 0 radical (unpaired) electrons. The zero-order chi connectivity index (χ0) is 16.9. The highest BCUT2D eigenvalue weighted by Gasteiger charge is 2.18. The number of nitrogens with zero attached hydrogens (tertiary/aromatic N) is 1. The van der Waals surface area contributed by atoms with Crippen LogP contribution in [0.25, 0.3) is 0 Å². The average Bonchev–Trinajstić information content (AvgIpc) is 2.95. The summed E-state index contributed by atoms with van der Waals surface area (Å²) < 4.78 is 0. The van der Waals surface area contributed by atoms with Crippen LogP contribution in [0.3, 0.4) is 0 Å². The van der Waals surface area contributed by atoms with E-state index in [-0.39, 0.29) is 24.3 Å². The van der Waals surface area contributed by atoms with Crippen molar-refractivity contribution in [3.63, 3.8) is 0 Å². The van der Waals surface area contributed by atoms with Gasteiger partial charge in [-0.2, -0.15) is 0 Å². The predicted octanol–water partition coefficient (Wildman–Crippen LogP) is 1.99. The van der Waals surface area contributed by atoms with Gasteiger partial charge < -0.3 is 16.4 Å². The summed E-state index contributed by atoms with van der Waals surface area (Å²) in [5, 5.41) is 8.08. The molecule has 0 aliphatic heterocycles. The topological polar surface area (TPSA) is 97.1 Å². The Labute approximate surface area is 144 Å². The molecule has 0 saturated carbocycles. The van der Waals surface area contributed by atoms with E-state index in [1.54, 1.807) is 5.38 Å². The first-order valence-corrected chi connectivity index (χ1v) is 8.85. The van der Waals surface area contributed by atoms with Gasteiger partial charge in [0.25, 0.3) is 5.91 Å². The van der Waals surface area contributed by atoms with Crippen LogP contribution in [0.5, 0.6) is 0 Å². The van der Waals surface area contributed by atoms with Gasteiger partial charge in [0.05, 0.1) is 6.54 Å². The van der Waals surface area contributed by atoms with Crippen molar-refractivity contribution >= 4 is 23.3 Å². The van der Waals surface area contributed by atoms with Gasteiger partial charge in [0.2, 0.25) is 0 Å². The highest BCUT2D eigenvalue weighted by atomic mass is 32.1.